The smallest absolute Gasteiger partial charge is 0.235 e. The van der Waals surface area contributed by atoms with Gasteiger partial charge >= 0.3 is 0 Å². The van der Waals surface area contributed by atoms with Gasteiger partial charge in [-0.3, -0.25) is 0 Å². The third-order valence-electron chi connectivity index (χ3n) is 4.61. The van der Waals surface area contributed by atoms with Crippen molar-refractivity contribution in [2.75, 3.05) is 0 Å². The Kier molecular flexibility index (Phi) is 17.5. The average Bonchev–Trinajstić information content (AvgIpc) is 3.14. The SMILES string of the molecule is C=C(N)C(=C)/C=C(N)\C(C=N)=C(/C)c1nc(/C(C)=C/C(C)=N)cn1C.CC(F)F.CCCCCC. The summed E-state index contributed by atoms with van der Waals surface area (Å²) in [5.74, 6) is 0.692. The Morgan fingerprint density at radius 2 is 1.60 bits per heavy atom. The van der Waals surface area contributed by atoms with Crippen molar-refractivity contribution in [1.82, 2.24) is 9.55 Å². The van der Waals surface area contributed by atoms with E-state index in [1.807, 2.05) is 31.7 Å². The molecule has 0 aliphatic heterocycles. The number of rotatable bonds is 10. The number of alkyl halides is 2. The highest BCUT2D eigenvalue weighted by Gasteiger charge is 2.13. The Bertz CT molecular complexity index is 942. The van der Waals surface area contributed by atoms with Crippen molar-refractivity contribution in [3.63, 3.8) is 0 Å². The molecular formula is C27H44F2N6. The van der Waals surface area contributed by atoms with Gasteiger partial charge in [-0.1, -0.05) is 52.7 Å². The van der Waals surface area contributed by atoms with Gasteiger partial charge in [0.25, 0.3) is 0 Å². The van der Waals surface area contributed by atoms with Crippen molar-refractivity contribution < 1.29 is 8.78 Å². The van der Waals surface area contributed by atoms with Crippen LogP contribution in [0.1, 0.15) is 78.7 Å². The van der Waals surface area contributed by atoms with E-state index in [1.165, 1.54) is 31.9 Å². The van der Waals surface area contributed by atoms with E-state index in [4.69, 9.17) is 22.3 Å². The number of aromatic nitrogens is 2. The molecule has 0 aromatic carbocycles. The second-order valence-electron chi connectivity index (χ2n) is 8.13. The molecule has 6 nitrogen and oxygen atoms in total. The van der Waals surface area contributed by atoms with E-state index in [0.717, 1.165) is 23.8 Å². The van der Waals surface area contributed by atoms with E-state index in [2.05, 4.69) is 32.0 Å². The Morgan fingerprint density at radius 3 is 1.97 bits per heavy atom. The Labute approximate surface area is 210 Å². The molecule has 0 bridgehead atoms. The van der Waals surface area contributed by atoms with Gasteiger partial charge in [-0.05, 0) is 51.0 Å². The van der Waals surface area contributed by atoms with E-state index >= 15 is 0 Å². The molecule has 0 spiro atoms. The summed E-state index contributed by atoms with van der Waals surface area (Å²) < 4.78 is 22.5. The first-order chi connectivity index (χ1) is 16.2. The lowest BCUT2D eigenvalue weighted by Crippen LogP contribution is -2.08. The largest absolute Gasteiger partial charge is 0.399 e. The van der Waals surface area contributed by atoms with Gasteiger partial charge in [0.2, 0.25) is 6.43 Å². The molecule has 35 heavy (non-hydrogen) atoms. The number of nitrogens with one attached hydrogen (secondary N) is 2. The maximum absolute atomic E-state index is 10.3. The molecule has 0 saturated heterocycles. The normalized spacial score (nSPS) is 12.1. The van der Waals surface area contributed by atoms with Crippen molar-refractivity contribution >= 4 is 23.1 Å². The summed E-state index contributed by atoms with van der Waals surface area (Å²) in [5, 5.41) is 15.3. The van der Waals surface area contributed by atoms with Crippen LogP contribution in [0.3, 0.4) is 0 Å². The van der Waals surface area contributed by atoms with Gasteiger partial charge in [-0.2, -0.15) is 0 Å². The highest BCUT2D eigenvalue weighted by Crippen LogP contribution is 2.23. The quantitative estimate of drug-likeness (QED) is 0.160. The van der Waals surface area contributed by atoms with Crippen LogP contribution >= 0.6 is 0 Å². The van der Waals surface area contributed by atoms with Crippen molar-refractivity contribution in [2.24, 2.45) is 18.5 Å². The maximum Gasteiger partial charge on any atom is 0.235 e. The summed E-state index contributed by atoms with van der Waals surface area (Å²) in [6, 6.07) is 0. The number of halogens is 2. The maximum atomic E-state index is 10.3. The van der Waals surface area contributed by atoms with Crippen LogP contribution in [-0.2, 0) is 7.05 Å². The molecule has 0 atom stereocenters. The lowest BCUT2D eigenvalue weighted by molar-refractivity contribution is 0.171. The van der Waals surface area contributed by atoms with Gasteiger partial charge < -0.3 is 26.9 Å². The van der Waals surface area contributed by atoms with Crippen LogP contribution in [0.4, 0.5) is 8.78 Å². The van der Waals surface area contributed by atoms with Crippen LogP contribution in [0.15, 0.2) is 54.0 Å². The number of nitrogens with zero attached hydrogens (tertiary/aromatic N) is 2. The number of nitrogens with two attached hydrogens (primary N) is 2. The zero-order valence-electron chi connectivity index (χ0n) is 22.4. The predicted octanol–water partition coefficient (Wildman–Crippen LogP) is 7.02. The lowest BCUT2D eigenvalue weighted by atomic mass is 10.0. The molecule has 0 unspecified atom stereocenters. The number of allylic oxidation sites excluding steroid dienone is 5. The molecule has 1 rings (SSSR count). The fourth-order valence-corrected chi connectivity index (χ4v) is 2.79. The first-order valence-corrected chi connectivity index (χ1v) is 11.6. The minimum Gasteiger partial charge on any atom is -0.399 e. The molecule has 1 aromatic rings. The molecule has 1 heterocycles. The van der Waals surface area contributed by atoms with E-state index < -0.39 is 6.43 Å². The number of unbranched alkanes of at least 4 members (excludes halogenated alkanes) is 3. The van der Waals surface area contributed by atoms with E-state index in [1.54, 1.807) is 19.1 Å². The second kappa shape index (κ2) is 18.1. The fourth-order valence-electron chi connectivity index (χ4n) is 2.79. The standard InChI is InChI=1S/C19H26N6.C6H14.C2H4F2/c1-11(15(5)22)8-17(23)16(9-20)14(4)19-24-18(10-25(19)6)12(2)7-13(3)21;1-3-5-6-4-2;1-2(3)4/h7-10,20-21H,1,5,22-23H2,2-4,6H3;3-6H2,1-2H3;2H,1H3/b12-7+,16-14+,17-8+,20-9?,21-13?;;. The van der Waals surface area contributed by atoms with Gasteiger partial charge in [-0.15, -0.1) is 0 Å². The average molecular weight is 491 g/mol. The Balaban J connectivity index is 0. The van der Waals surface area contributed by atoms with Crippen LogP contribution in [0.5, 0.6) is 0 Å². The zero-order valence-corrected chi connectivity index (χ0v) is 22.4. The number of hydrogen-bond acceptors (Lipinski definition) is 5. The van der Waals surface area contributed by atoms with Crippen molar-refractivity contribution in [1.29, 1.82) is 10.8 Å². The summed E-state index contributed by atoms with van der Waals surface area (Å²) >= 11 is 0. The number of hydrogen-bond donors (Lipinski definition) is 4. The molecule has 0 saturated carbocycles. The Hall–Kier alpha value is -3.29. The first-order valence-electron chi connectivity index (χ1n) is 11.6. The van der Waals surface area contributed by atoms with Gasteiger partial charge in [0.05, 0.1) is 5.69 Å². The molecule has 196 valence electrons. The van der Waals surface area contributed by atoms with Gasteiger partial charge in [0, 0.05) is 47.7 Å². The van der Waals surface area contributed by atoms with Crippen LogP contribution < -0.4 is 11.5 Å². The highest BCUT2D eigenvalue weighted by molar-refractivity contribution is 5.96. The minimum atomic E-state index is -2.17. The molecule has 0 aliphatic carbocycles. The molecule has 8 heteroatoms. The van der Waals surface area contributed by atoms with Crippen LogP contribution in [-0.4, -0.2) is 27.9 Å². The highest BCUT2D eigenvalue weighted by atomic mass is 19.3. The third kappa shape index (κ3) is 14.6. The summed E-state index contributed by atoms with van der Waals surface area (Å²) in [6.45, 7) is 18.2. The van der Waals surface area contributed by atoms with Crippen molar-refractivity contribution in [3.8, 4) is 0 Å². The minimum absolute atomic E-state index is 0.326. The van der Waals surface area contributed by atoms with Crippen molar-refractivity contribution in [2.45, 2.75) is 73.7 Å². The van der Waals surface area contributed by atoms with E-state index in [0.29, 0.717) is 34.1 Å². The summed E-state index contributed by atoms with van der Waals surface area (Å²) in [5.41, 5.74) is 16.3. The predicted molar refractivity (Wildman–Crippen MR) is 148 cm³/mol. The molecular weight excluding hydrogens is 446 g/mol. The van der Waals surface area contributed by atoms with Gasteiger partial charge in [0.15, 0.2) is 0 Å². The van der Waals surface area contributed by atoms with Crippen LogP contribution in [0.2, 0.25) is 0 Å². The summed E-state index contributed by atoms with van der Waals surface area (Å²) in [7, 11) is 1.88. The van der Waals surface area contributed by atoms with Crippen LogP contribution in [0.25, 0.3) is 11.1 Å². The summed E-state index contributed by atoms with van der Waals surface area (Å²) in [4.78, 5) is 4.62. The van der Waals surface area contributed by atoms with Crippen LogP contribution in [0, 0.1) is 10.8 Å². The molecule has 0 amide bonds. The molecule has 6 N–H and O–H groups in total. The lowest BCUT2D eigenvalue weighted by Gasteiger charge is -2.09. The fraction of sp³-hybridized carbons (Fsp3) is 0.444. The molecule has 0 fully saturated rings. The molecule has 0 aliphatic rings. The molecule has 1 aromatic heterocycles. The molecule has 0 radical (unpaired) electrons. The third-order valence-corrected chi connectivity index (χ3v) is 4.61. The number of aryl methyl sites for hydroxylation is 1. The topological polar surface area (TPSA) is 118 Å². The van der Waals surface area contributed by atoms with Gasteiger partial charge in [0.1, 0.15) is 5.82 Å². The zero-order chi connectivity index (χ0) is 27.7. The summed E-state index contributed by atoms with van der Waals surface area (Å²) in [6.07, 6.45) is 9.80. The van der Waals surface area contributed by atoms with E-state index in [-0.39, 0.29) is 0 Å². The van der Waals surface area contributed by atoms with Crippen molar-refractivity contribution in [3.05, 3.63) is 65.6 Å². The number of imidazole rings is 1. The monoisotopic (exact) mass is 490 g/mol. The van der Waals surface area contributed by atoms with Gasteiger partial charge in [-0.25, -0.2) is 13.8 Å². The second-order valence-corrected chi connectivity index (χ2v) is 8.13. The first kappa shape index (κ1) is 33.9. The van der Waals surface area contributed by atoms with E-state index in [9.17, 15) is 8.78 Å². The Morgan fingerprint density at radius 1 is 1.11 bits per heavy atom.